The van der Waals surface area contributed by atoms with Crippen molar-refractivity contribution in [2.24, 2.45) is 0 Å². The Morgan fingerprint density at radius 3 is 2.63 bits per heavy atom. The van der Waals surface area contributed by atoms with E-state index in [-0.39, 0.29) is 28.7 Å². The summed E-state index contributed by atoms with van der Waals surface area (Å²) in [5.41, 5.74) is 2.62. The third kappa shape index (κ3) is 5.69. The molecule has 1 N–H and O–H groups in total. The van der Waals surface area contributed by atoms with Crippen LogP contribution in [0.25, 0.3) is 0 Å². The highest BCUT2D eigenvalue weighted by atomic mass is 35.5. The summed E-state index contributed by atoms with van der Waals surface area (Å²) in [5.74, 6) is -0.815. The zero-order valence-corrected chi connectivity index (χ0v) is 17.7. The van der Waals surface area contributed by atoms with Crippen molar-refractivity contribution < 1.29 is 17.6 Å². The van der Waals surface area contributed by atoms with Crippen molar-refractivity contribution in [1.82, 2.24) is 14.7 Å². The van der Waals surface area contributed by atoms with Crippen LogP contribution in [0.4, 0.5) is 4.39 Å². The van der Waals surface area contributed by atoms with Crippen LogP contribution < -0.4 is 4.72 Å². The van der Waals surface area contributed by atoms with Gasteiger partial charge in [-0.3, -0.25) is 14.8 Å². The van der Waals surface area contributed by atoms with Gasteiger partial charge in [-0.2, -0.15) is 0 Å². The van der Waals surface area contributed by atoms with Gasteiger partial charge in [0.05, 0.1) is 9.92 Å². The summed E-state index contributed by atoms with van der Waals surface area (Å²) >= 11 is 5.64. The topological polar surface area (TPSA) is 89.0 Å². The number of hydrogen-bond acceptors (Lipinski definition) is 5. The monoisotopic (exact) mass is 447 g/mol. The maximum Gasteiger partial charge on any atom is 0.240 e. The molecule has 0 bridgehead atoms. The number of rotatable bonds is 8. The van der Waals surface area contributed by atoms with Gasteiger partial charge in [0.2, 0.25) is 10.0 Å². The third-order valence-corrected chi connectivity index (χ3v) is 6.02. The predicted molar refractivity (Wildman–Crippen MR) is 111 cm³/mol. The summed E-state index contributed by atoms with van der Waals surface area (Å²) in [6.45, 7) is 1.86. The number of nitrogens with one attached hydrogen (secondary N) is 1. The fourth-order valence-electron chi connectivity index (χ4n) is 2.71. The molecular weight excluding hydrogens is 429 g/mol. The number of nitrogens with zero attached hydrogens (tertiary/aromatic N) is 2. The maximum atomic E-state index is 13.2. The number of hydrogen-bond donors (Lipinski definition) is 1. The van der Waals surface area contributed by atoms with Crippen LogP contribution in [-0.4, -0.2) is 24.2 Å². The number of benzene rings is 1. The summed E-state index contributed by atoms with van der Waals surface area (Å²) in [5, 5.41) is -0.275. The minimum atomic E-state index is -3.87. The summed E-state index contributed by atoms with van der Waals surface area (Å²) in [7, 11) is -3.87. The average Bonchev–Trinajstić information content (AvgIpc) is 2.73. The molecule has 0 spiro atoms. The second kappa shape index (κ2) is 9.42. The number of Topliss-reactive ketones (excluding diaryl/α,β-unsaturated/α-hetero) is 1. The molecule has 3 rings (SSSR count). The van der Waals surface area contributed by atoms with E-state index in [4.69, 9.17) is 11.6 Å². The van der Waals surface area contributed by atoms with Gasteiger partial charge in [-0.15, -0.1) is 0 Å². The third-order valence-electron chi connectivity index (χ3n) is 4.33. The van der Waals surface area contributed by atoms with Crippen LogP contribution in [0.2, 0.25) is 5.02 Å². The molecule has 9 heteroatoms. The van der Waals surface area contributed by atoms with E-state index in [1.807, 2.05) is 25.1 Å². The Morgan fingerprint density at radius 1 is 1.17 bits per heavy atom. The molecule has 3 aromatic rings. The van der Waals surface area contributed by atoms with E-state index in [0.29, 0.717) is 17.7 Å². The van der Waals surface area contributed by atoms with Gasteiger partial charge in [-0.05, 0) is 55.3 Å². The minimum Gasteiger partial charge on any atom is -0.292 e. The lowest BCUT2D eigenvalue weighted by atomic mass is 10.1. The maximum absolute atomic E-state index is 13.2. The fraction of sp³-hybridized carbons (Fsp3) is 0.190. The molecule has 30 heavy (non-hydrogen) atoms. The first kappa shape index (κ1) is 22.0. The van der Waals surface area contributed by atoms with Crippen molar-refractivity contribution in [1.29, 1.82) is 0 Å². The van der Waals surface area contributed by atoms with Gasteiger partial charge in [0.15, 0.2) is 5.78 Å². The van der Waals surface area contributed by atoms with Crippen LogP contribution in [0.5, 0.6) is 0 Å². The van der Waals surface area contributed by atoms with Crippen LogP contribution in [0.3, 0.4) is 0 Å². The summed E-state index contributed by atoms with van der Waals surface area (Å²) in [6, 6.07) is 12.0. The smallest absolute Gasteiger partial charge is 0.240 e. The number of sulfonamides is 1. The normalized spacial score (nSPS) is 11.4. The van der Waals surface area contributed by atoms with Gasteiger partial charge in [0.1, 0.15) is 11.5 Å². The number of halogens is 2. The number of aromatic nitrogens is 2. The van der Waals surface area contributed by atoms with E-state index in [0.717, 1.165) is 29.6 Å². The fourth-order valence-corrected chi connectivity index (χ4v) is 4.00. The highest BCUT2D eigenvalue weighted by Crippen LogP contribution is 2.19. The molecule has 0 atom stereocenters. The molecule has 156 valence electrons. The largest absolute Gasteiger partial charge is 0.292 e. The predicted octanol–water partition coefficient (Wildman–Crippen LogP) is 3.87. The van der Waals surface area contributed by atoms with Crippen molar-refractivity contribution in [3.8, 4) is 0 Å². The molecule has 0 aliphatic carbocycles. The van der Waals surface area contributed by atoms with Gasteiger partial charge >= 0.3 is 0 Å². The molecule has 0 saturated heterocycles. The summed E-state index contributed by atoms with van der Waals surface area (Å²) in [4.78, 5) is 20.7. The Kier molecular flexibility index (Phi) is 6.91. The minimum absolute atomic E-state index is 0.0357. The van der Waals surface area contributed by atoms with Crippen molar-refractivity contribution in [3.05, 3.63) is 88.2 Å². The Balaban J connectivity index is 1.58. The molecule has 1 aromatic carbocycles. The molecule has 0 fully saturated rings. The highest BCUT2D eigenvalue weighted by Gasteiger charge is 2.16. The lowest BCUT2D eigenvalue weighted by molar-refractivity contribution is 0.0977. The molecule has 2 heterocycles. The van der Waals surface area contributed by atoms with Crippen molar-refractivity contribution in [2.45, 2.75) is 31.2 Å². The number of carbonyl (C=O) groups is 1. The molecule has 6 nitrogen and oxygen atoms in total. The molecule has 0 saturated carbocycles. The van der Waals surface area contributed by atoms with E-state index in [1.54, 1.807) is 12.1 Å². The lowest BCUT2D eigenvalue weighted by Crippen LogP contribution is -2.23. The molecular formula is C21H19ClFN3O3S. The summed E-state index contributed by atoms with van der Waals surface area (Å²) in [6.07, 6.45) is 2.24. The molecule has 2 aromatic heterocycles. The Hall–Kier alpha value is -2.68. The first-order chi connectivity index (χ1) is 14.2. The highest BCUT2D eigenvalue weighted by molar-refractivity contribution is 7.89. The van der Waals surface area contributed by atoms with E-state index < -0.39 is 15.8 Å². The van der Waals surface area contributed by atoms with Gasteiger partial charge in [0, 0.05) is 30.6 Å². The molecule has 0 amide bonds. The Labute approximate surface area is 179 Å². The molecule has 0 unspecified atom stereocenters. The zero-order valence-electron chi connectivity index (χ0n) is 16.1. The first-order valence-corrected chi connectivity index (χ1v) is 11.0. The number of aryl methyl sites for hydroxylation is 2. The molecule has 0 aliphatic heterocycles. The lowest BCUT2D eigenvalue weighted by Gasteiger charge is -2.08. The van der Waals surface area contributed by atoms with E-state index in [9.17, 15) is 17.6 Å². The summed E-state index contributed by atoms with van der Waals surface area (Å²) < 4.78 is 40.3. The van der Waals surface area contributed by atoms with Crippen molar-refractivity contribution in [2.75, 3.05) is 0 Å². The quantitative estimate of drug-likeness (QED) is 0.529. The molecule has 0 radical (unpaired) electrons. The standard InChI is InChI=1S/C21H19ClFN3O3S/c1-14-3-2-4-16(26-14)6-10-21(27)20-9-5-15(12-24-20)13-25-30(28,29)17-7-8-19(23)18(22)11-17/h2-5,7-9,11-12,25H,6,10,13H2,1H3. The van der Waals surface area contributed by atoms with Crippen LogP contribution in [-0.2, 0) is 23.0 Å². The van der Waals surface area contributed by atoms with Crippen LogP contribution >= 0.6 is 11.6 Å². The van der Waals surface area contributed by atoms with E-state index in [2.05, 4.69) is 14.7 Å². The van der Waals surface area contributed by atoms with Gasteiger partial charge < -0.3 is 0 Å². The SMILES string of the molecule is Cc1cccc(CCC(=O)c2ccc(CNS(=O)(=O)c3ccc(F)c(Cl)c3)cn2)n1. The molecule has 0 aliphatic rings. The second-order valence-corrected chi connectivity index (χ2v) is 8.82. The first-order valence-electron chi connectivity index (χ1n) is 9.10. The zero-order chi connectivity index (χ0) is 21.7. The average molecular weight is 448 g/mol. The number of pyridine rings is 2. The Bertz CT molecular complexity index is 1170. The van der Waals surface area contributed by atoms with Gasteiger partial charge in [0.25, 0.3) is 0 Å². The van der Waals surface area contributed by atoms with Gasteiger partial charge in [-0.25, -0.2) is 17.5 Å². The van der Waals surface area contributed by atoms with Gasteiger partial charge in [-0.1, -0.05) is 23.7 Å². The second-order valence-electron chi connectivity index (χ2n) is 6.65. The van der Waals surface area contributed by atoms with E-state index in [1.165, 1.54) is 6.20 Å². The van der Waals surface area contributed by atoms with Crippen LogP contribution in [0, 0.1) is 12.7 Å². The number of carbonyl (C=O) groups excluding carboxylic acids is 1. The van der Waals surface area contributed by atoms with Crippen molar-refractivity contribution >= 4 is 27.4 Å². The number of ketones is 1. The van der Waals surface area contributed by atoms with E-state index >= 15 is 0 Å². The van der Waals surface area contributed by atoms with Crippen LogP contribution in [0.15, 0.2) is 59.6 Å². The van der Waals surface area contributed by atoms with Crippen molar-refractivity contribution in [3.63, 3.8) is 0 Å². The van der Waals surface area contributed by atoms with Crippen LogP contribution in [0.1, 0.15) is 33.9 Å². The Morgan fingerprint density at radius 2 is 1.97 bits per heavy atom.